The summed E-state index contributed by atoms with van der Waals surface area (Å²) in [5.41, 5.74) is 4.14. The predicted octanol–water partition coefficient (Wildman–Crippen LogP) is 4.26. The number of hydrogen-bond acceptors (Lipinski definition) is 5. The van der Waals surface area contributed by atoms with Gasteiger partial charge in [0, 0.05) is 48.1 Å². The third-order valence-electron chi connectivity index (χ3n) is 6.84. The van der Waals surface area contributed by atoms with Gasteiger partial charge in [-0.3, -0.25) is 14.5 Å². The Bertz CT molecular complexity index is 975. The molecule has 3 aliphatic rings. The lowest BCUT2D eigenvalue weighted by molar-refractivity contribution is -0.0000562. The van der Waals surface area contributed by atoms with Crippen molar-refractivity contribution in [2.75, 3.05) is 25.1 Å². The molecule has 1 aromatic carbocycles. The fraction of sp³-hybridized carbons (Fsp3) is 0.583. The van der Waals surface area contributed by atoms with Crippen LogP contribution >= 0.6 is 0 Å². The van der Waals surface area contributed by atoms with E-state index in [4.69, 9.17) is 9.47 Å². The van der Waals surface area contributed by atoms with Gasteiger partial charge in [0.05, 0.1) is 25.0 Å². The number of nitrogens with zero attached hydrogens (tertiary/aromatic N) is 4. The van der Waals surface area contributed by atoms with Crippen LogP contribution in [0.25, 0.3) is 11.1 Å². The van der Waals surface area contributed by atoms with E-state index >= 15 is 0 Å². The Kier molecular flexibility index (Phi) is 5.16. The number of carbonyl (C=O) groups is 1. The predicted molar refractivity (Wildman–Crippen MR) is 120 cm³/mol. The van der Waals surface area contributed by atoms with Crippen molar-refractivity contribution in [3.8, 4) is 16.9 Å². The minimum atomic E-state index is -0.316. The lowest BCUT2D eigenvalue weighted by atomic mass is 9.92. The molecule has 0 bridgehead atoms. The van der Waals surface area contributed by atoms with E-state index in [9.17, 15) is 4.79 Å². The van der Waals surface area contributed by atoms with Crippen molar-refractivity contribution in [1.82, 2.24) is 14.7 Å². The zero-order chi connectivity index (χ0) is 21.7. The summed E-state index contributed by atoms with van der Waals surface area (Å²) in [5.74, 6) is 0.905. The van der Waals surface area contributed by atoms with E-state index in [0.717, 1.165) is 54.1 Å². The molecule has 1 saturated carbocycles. The highest BCUT2D eigenvalue weighted by molar-refractivity contribution is 5.92. The molecule has 7 nitrogen and oxygen atoms in total. The smallest absolute Gasteiger partial charge is 0.414 e. The van der Waals surface area contributed by atoms with E-state index in [1.54, 1.807) is 4.90 Å². The molecule has 1 saturated heterocycles. The molecule has 2 fully saturated rings. The van der Waals surface area contributed by atoms with E-state index in [-0.39, 0.29) is 18.2 Å². The summed E-state index contributed by atoms with van der Waals surface area (Å²) in [5, 5.41) is 4.59. The van der Waals surface area contributed by atoms with Gasteiger partial charge in [0.15, 0.2) is 0 Å². The number of anilines is 1. The Morgan fingerprint density at radius 3 is 2.65 bits per heavy atom. The number of aromatic nitrogens is 2. The molecule has 166 valence electrons. The SMILES string of the molecule is COC(=O)N1c2ccc(-c3cnn(C4CC4)c3)c(OC3CN(C(C)C)C3)c2CC[C@@H]1C. The van der Waals surface area contributed by atoms with Gasteiger partial charge in [0.25, 0.3) is 0 Å². The number of amides is 1. The molecule has 2 aromatic rings. The van der Waals surface area contributed by atoms with Gasteiger partial charge in [-0.2, -0.15) is 5.10 Å². The molecule has 3 heterocycles. The summed E-state index contributed by atoms with van der Waals surface area (Å²) < 4.78 is 13.8. The summed E-state index contributed by atoms with van der Waals surface area (Å²) in [6.45, 7) is 8.36. The Hall–Kier alpha value is -2.54. The molecule has 0 unspecified atom stereocenters. The monoisotopic (exact) mass is 424 g/mol. The third-order valence-corrected chi connectivity index (χ3v) is 6.84. The minimum absolute atomic E-state index is 0.0939. The molecule has 1 aliphatic carbocycles. The number of benzene rings is 1. The molecule has 5 rings (SSSR count). The van der Waals surface area contributed by atoms with Crippen LogP contribution in [0, 0.1) is 0 Å². The highest BCUT2D eigenvalue weighted by atomic mass is 16.5. The van der Waals surface area contributed by atoms with E-state index in [1.807, 2.05) is 12.3 Å². The average molecular weight is 425 g/mol. The first kappa shape index (κ1) is 20.4. The number of methoxy groups -OCH3 is 1. The van der Waals surface area contributed by atoms with Crippen molar-refractivity contribution >= 4 is 11.8 Å². The van der Waals surface area contributed by atoms with Gasteiger partial charge >= 0.3 is 6.09 Å². The summed E-state index contributed by atoms with van der Waals surface area (Å²) in [7, 11) is 1.44. The fourth-order valence-corrected chi connectivity index (χ4v) is 4.69. The Morgan fingerprint density at radius 1 is 1.19 bits per heavy atom. The van der Waals surface area contributed by atoms with Crippen LogP contribution in [-0.4, -0.2) is 59.2 Å². The minimum Gasteiger partial charge on any atom is -0.487 e. The number of carbonyl (C=O) groups excluding carboxylic acids is 1. The van der Waals surface area contributed by atoms with Crippen molar-refractivity contribution in [2.24, 2.45) is 0 Å². The molecule has 2 aliphatic heterocycles. The quantitative estimate of drug-likeness (QED) is 0.718. The maximum absolute atomic E-state index is 12.5. The summed E-state index contributed by atoms with van der Waals surface area (Å²) in [6, 6.07) is 5.28. The van der Waals surface area contributed by atoms with Gasteiger partial charge in [-0.1, -0.05) is 0 Å². The van der Waals surface area contributed by atoms with Crippen molar-refractivity contribution < 1.29 is 14.3 Å². The molecular weight excluding hydrogens is 392 g/mol. The van der Waals surface area contributed by atoms with Crippen LogP contribution in [-0.2, 0) is 11.2 Å². The van der Waals surface area contributed by atoms with E-state index in [1.165, 1.54) is 20.0 Å². The van der Waals surface area contributed by atoms with Crippen LogP contribution in [0.4, 0.5) is 10.5 Å². The van der Waals surface area contributed by atoms with Crippen molar-refractivity contribution in [1.29, 1.82) is 0 Å². The second-order valence-corrected chi connectivity index (χ2v) is 9.40. The number of hydrogen-bond donors (Lipinski definition) is 0. The fourth-order valence-electron chi connectivity index (χ4n) is 4.69. The largest absolute Gasteiger partial charge is 0.487 e. The van der Waals surface area contributed by atoms with Crippen molar-refractivity contribution in [2.45, 2.75) is 70.7 Å². The van der Waals surface area contributed by atoms with Crippen LogP contribution < -0.4 is 9.64 Å². The molecular formula is C24H32N4O3. The van der Waals surface area contributed by atoms with E-state index in [2.05, 4.69) is 47.7 Å². The lowest BCUT2D eigenvalue weighted by Crippen LogP contribution is -2.56. The summed E-state index contributed by atoms with van der Waals surface area (Å²) >= 11 is 0. The third kappa shape index (κ3) is 3.69. The first-order chi connectivity index (χ1) is 15.0. The van der Waals surface area contributed by atoms with Gasteiger partial charge in [-0.05, 0) is 58.6 Å². The maximum Gasteiger partial charge on any atom is 0.414 e. The summed E-state index contributed by atoms with van der Waals surface area (Å²) in [4.78, 5) is 16.7. The van der Waals surface area contributed by atoms with Crippen LogP contribution in [0.1, 0.15) is 51.6 Å². The zero-order valence-electron chi connectivity index (χ0n) is 18.9. The highest BCUT2D eigenvalue weighted by Gasteiger charge is 2.36. The number of ether oxygens (including phenoxy) is 2. The second kappa shape index (κ2) is 7.86. The standard InChI is InChI=1S/C24H32N4O3/c1-15(2)26-13-19(14-26)31-23-20(17-11-25-27(12-17)18-6-7-18)9-10-22-21(23)8-5-16(3)28(22)24(29)30-4/h9-12,15-16,18-19H,5-8,13-14H2,1-4H3/t16-/m0/s1. The van der Waals surface area contributed by atoms with Gasteiger partial charge in [0.2, 0.25) is 0 Å². The van der Waals surface area contributed by atoms with Crippen molar-refractivity contribution in [3.63, 3.8) is 0 Å². The average Bonchev–Trinajstić information content (AvgIpc) is 3.46. The first-order valence-corrected chi connectivity index (χ1v) is 11.4. The lowest BCUT2D eigenvalue weighted by Gasteiger charge is -2.43. The van der Waals surface area contributed by atoms with Gasteiger partial charge < -0.3 is 9.47 Å². The molecule has 0 radical (unpaired) electrons. The maximum atomic E-state index is 12.5. The number of likely N-dealkylation sites (tertiary alicyclic amines) is 1. The first-order valence-electron chi connectivity index (χ1n) is 11.4. The molecule has 1 atom stereocenters. The van der Waals surface area contributed by atoms with E-state index in [0.29, 0.717) is 12.1 Å². The molecule has 7 heteroatoms. The molecule has 1 amide bonds. The molecule has 1 aromatic heterocycles. The Labute approximate surface area is 183 Å². The second-order valence-electron chi connectivity index (χ2n) is 9.40. The summed E-state index contributed by atoms with van der Waals surface area (Å²) in [6.07, 6.45) is 8.09. The molecule has 0 N–H and O–H groups in total. The Balaban J connectivity index is 1.53. The van der Waals surface area contributed by atoms with Gasteiger partial charge in [-0.15, -0.1) is 0 Å². The van der Waals surface area contributed by atoms with Crippen molar-refractivity contribution in [3.05, 3.63) is 30.1 Å². The topological polar surface area (TPSA) is 59.8 Å². The molecule has 0 spiro atoms. The zero-order valence-corrected chi connectivity index (χ0v) is 18.9. The van der Waals surface area contributed by atoms with Crippen LogP contribution in [0.2, 0.25) is 0 Å². The van der Waals surface area contributed by atoms with E-state index < -0.39 is 0 Å². The number of rotatable bonds is 5. The van der Waals surface area contributed by atoms with Gasteiger partial charge in [-0.25, -0.2) is 4.79 Å². The van der Waals surface area contributed by atoms with Crippen LogP contribution in [0.15, 0.2) is 24.5 Å². The molecule has 31 heavy (non-hydrogen) atoms. The van der Waals surface area contributed by atoms with Gasteiger partial charge in [0.1, 0.15) is 11.9 Å². The van der Waals surface area contributed by atoms with Crippen LogP contribution in [0.5, 0.6) is 5.75 Å². The Morgan fingerprint density at radius 2 is 1.97 bits per heavy atom. The normalized spacial score (nSPS) is 21.7. The highest BCUT2D eigenvalue weighted by Crippen LogP contribution is 2.44. The number of fused-ring (bicyclic) bond motifs is 1. The van der Waals surface area contributed by atoms with Crippen LogP contribution in [0.3, 0.4) is 0 Å².